The van der Waals surface area contributed by atoms with E-state index in [-0.39, 0.29) is 6.67 Å². The molecule has 0 atom stereocenters. The molecule has 0 unspecified atom stereocenters. The number of hydrogen-bond acceptors (Lipinski definition) is 3. The number of halogens is 2. The summed E-state index contributed by atoms with van der Waals surface area (Å²) in [6.45, 7) is 1.61. The number of aromatic nitrogens is 3. The highest BCUT2D eigenvalue weighted by molar-refractivity contribution is 6.37. The number of alkyl halides is 1. The summed E-state index contributed by atoms with van der Waals surface area (Å²) in [6.07, 6.45) is 2.55. The minimum Gasteiger partial charge on any atom is -0.310 e. The molecular weight excluding hydrogens is 339 g/mol. The molecule has 2 aromatic carbocycles. The zero-order valence-electron chi connectivity index (χ0n) is 13.9. The zero-order valence-corrected chi connectivity index (χ0v) is 14.6. The Balaban J connectivity index is 1.59. The molecule has 4 nitrogen and oxygen atoms in total. The highest BCUT2D eigenvalue weighted by atomic mass is 35.5. The summed E-state index contributed by atoms with van der Waals surface area (Å²) in [5, 5.41) is 12.2. The van der Waals surface area contributed by atoms with Crippen LogP contribution in [0.5, 0.6) is 0 Å². The zero-order chi connectivity index (χ0) is 17.2. The van der Waals surface area contributed by atoms with Crippen LogP contribution in [0.3, 0.4) is 0 Å². The predicted molar refractivity (Wildman–Crippen MR) is 98.4 cm³/mol. The molecule has 0 radical (unpaired) electrons. The van der Waals surface area contributed by atoms with Gasteiger partial charge in [-0.2, -0.15) is 0 Å². The normalized spacial score (nSPS) is 14.3. The standard InChI is InChI=1S/C19H20ClFN4/c20-18-16(15-5-3-13(4-6-15)11-22-10-9-21)7-8-17-19(18)23-24-25(17)12-14-1-2-14/h3-8,14,22H,1-2,9-12H2. The van der Waals surface area contributed by atoms with Crippen LogP contribution in [0, 0.1) is 5.92 Å². The van der Waals surface area contributed by atoms with Crippen molar-refractivity contribution in [3.05, 3.63) is 47.0 Å². The highest BCUT2D eigenvalue weighted by Crippen LogP contribution is 2.35. The molecule has 1 aliphatic carbocycles. The maximum Gasteiger partial charge on any atom is 0.132 e. The van der Waals surface area contributed by atoms with Crippen molar-refractivity contribution in [3.8, 4) is 11.1 Å². The van der Waals surface area contributed by atoms with Gasteiger partial charge in [0, 0.05) is 25.2 Å². The van der Waals surface area contributed by atoms with E-state index in [1.807, 2.05) is 35.0 Å². The van der Waals surface area contributed by atoms with Gasteiger partial charge in [0.05, 0.1) is 10.5 Å². The lowest BCUT2D eigenvalue weighted by Gasteiger charge is -2.08. The van der Waals surface area contributed by atoms with Crippen molar-refractivity contribution in [2.75, 3.05) is 13.2 Å². The molecule has 1 N–H and O–H groups in total. The molecule has 1 aliphatic rings. The van der Waals surface area contributed by atoms with Gasteiger partial charge in [-0.1, -0.05) is 47.1 Å². The largest absolute Gasteiger partial charge is 0.310 e. The van der Waals surface area contributed by atoms with Crippen LogP contribution in [0.4, 0.5) is 4.39 Å². The van der Waals surface area contributed by atoms with Gasteiger partial charge in [0.1, 0.15) is 12.2 Å². The molecule has 4 rings (SSSR count). The lowest BCUT2D eigenvalue weighted by Crippen LogP contribution is -2.15. The van der Waals surface area contributed by atoms with E-state index in [9.17, 15) is 4.39 Å². The monoisotopic (exact) mass is 358 g/mol. The van der Waals surface area contributed by atoms with Gasteiger partial charge in [-0.3, -0.25) is 0 Å². The van der Waals surface area contributed by atoms with Gasteiger partial charge in [-0.15, -0.1) is 5.10 Å². The van der Waals surface area contributed by atoms with E-state index in [0.717, 1.165) is 40.2 Å². The van der Waals surface area contributed by atoms with Crippen LogP contribution >= 0.6 is 11.6 Å². The van der Waals surface area contributed by atoms with Crippen LogP contribution in [-0.4, -0.2) is 28.2 Å². The lowest BCUT2D eigenvalue weighted by molar-refractivity contribution is 0.467. The molecule has 25 heavy (non-hydrogen) atoms. The Morgan fingerprint density at radius 3 is 2.68 bits per heavy atom. The summed E-state index contributed by atoms with van der Waals surface area (Å²) in [7, 11) is 0. The fraction of sp³-hybridized carbons (Fsp3) is 0.368. The van der Waals surface area contributed by atoms with Gasteiger partial charge in [0.15, 0.2) is 0 Å². The lowest BCUT2D eigenvalue weighted by atomic mass is 10.0. The van der Waals surface area contributed by atoms with Gasteiger partial charge >= 0.3 is 0 Å². The van der Waals surface area contributed by atoms with Gasteiger partial charge in [-0.25, -0.2) is 9.07 Å². The average Bonchev–Trinajstić information content (AvgIpc) is 3.35. The van der Waals surface area contributed by atoms with E-state index in [0.29, 0.717) is 18.1 Å². The molecule has 1 aromatic heterocycles. The predicted octanol–water partition coefficient (Wildman–Crippen LogP) is 4.22. The van der Waals surface area contributed by atoms with Crippen molar-refractivity contribution >= 4 is 22.6 Å². The molecule has 3 aromatic rings. The third kappa shape index (κ3) is 3.53. The second-order valence-corrected chi connectivity index (χ2v) is 6.95. The fourth-order valence-corrected chi connectivity index (χ4v) is 3.32. The number of nitrogens with zero attached hydrogens (tertiary/aromatic N) is 3. The smallest absolute Gasteiger partial charge is 0.132 e. The Morgan fingerprint density at radius 1 is 1.16 bits per heavy atom. The van der Waals surface area contributed by atoms with E-state index in [4.69, 9.17) is 11.6 Å². The second kappa shape index (κ2) is 7.10. The molecule has 0 saturated heterocycles. The number of rotatable bonds is 7. The molecule has 0 spiro atoms. The van der Waals surface area contributed by atoms with Crippen LogP contribution < -0.4 is 5.32 Å². The minimum absolute atomic E-state index is 0.352. The SMILES string of the molecule is FCCNCc1ccc(-c2ccc3c(nnn3CC3CC3)c2Cl)cc1. The Kier molecular flexibility index (Phi) is 4.68. The van der Waals surface area contributed by atoms with E-state index < -0.39 is 0 Å². The fourth-order valence-electron chi connectivity index (χ4n) is 3.01. The van der Waals surface area contributed by atoms with Gasteiger partial charge in [-0.05, 0) is 36.0 Å². The molecular formula is C19H20ClFN4. The summed E-state index contributed by atoms with van der Waals surface area (Å²) in [4.78, 5) is 0. The van der Waals surface area contributed by atoms with Gasteiger partial charge in [0.2, 0.25) is 0 Å². The highest BCUT2D eigenvalue weighted by Gasteiger charge is 2.23. The second-order valence-electron chi connectivity index (χ2n) is 6.57. The van der Waals surface area contributed by atoms with Crippen molar-refractivity contribution in [1.29, 1.82) is 0 Å². The first-order valence-electron chi connectivity index (χ1n) is 8.64. The topological polar surface area (TPSA) is 42.7 Å². The van der Waals surface area contributed by atoms with Crippen molar-refractivity contribution in [2.24, 2.45) is 5.92 Å². The average molecular weight is 359 g/mol. The number of nitrogens with one attached hydrogen (secondary N) is 1. The summed E-state index contributed by atoms with van der Waals surface area (Å²) in [5.74, 6) is 0.738. The Bertz CT molecular complexity index is 871. The maximum absolute atomic E-state index is 12.1. The van der Waals surface area contributed by atoms with E-state index >= 15 is 0 Å². The third-order valence-corrected chi connectivity index (χ3v) is 5.00. The van der Waals surface area contributed by atoms with Crippen LogP contribution in [0.25, 0.3) is 22.2 Å². The van der Waals surface area contributed by atoms with Crippen LogP contribution in [-0.2, 0) is 13.1 Å². The Labute approximate surface area is 151 Å². The van der Waals surface area contributed by atoms with E-state index in [2.05, 4.69) is 21.7 Å². The molecule has 6 heteroatoms. The molecule has 130 valence electrons. The van der Waals surface area contributed by atoms with Gasteiger partial charge < -0.3 is 5.32 Å². The van der Waals surface area contributed by atoms with Crippen LogP contribution in [0.1, 0.15) is 18.4 Å². The first-order chi connectivity index (χ1) is 12.3. The molecule has 1 saturated carbocycles. The van der Waals surface area contributed by atoms with E-state index in [1.54, 1.807) is 0 Å². The number of fused-ring (bicyclic) bond motifs is 1. The van der Waals surface area contributed by atoms with Crippen molar-refractivity contribution < 1.29 is 4.39 Å². The first kappa shape index (κ1) is 16.5. The van der Waals surface area contributed by atoms with E-state index in [1.165, 1.54) is 12.8 Å². The van der Waals surface area contributed by atoms with Crippen LogP contribution in [0.15, 0.2) is 36.4 Å². The molecule has 1 heterocycles. The van der Waals surface area contributed by atoms with Crippen molar-refractivity contribution in [2.45, 2.75) is 25.9 Å². The maximum atomic E-state index is 12.1. The van der Waals surface area contributed by atoms with Gasteiger partial charge in [0.25, 0.3) is 0 Å². The molecule has 0 bridgehead atoms. The third-order valence-electron chi connectivity index (χ3n) is 4.62. The van der Waals surface area contributed by atoms with Crippen LogP contribution in [0.2, 0.25) is 5.02 Å². The first-order valence-corrected chi connectivity index (χ1v) is 9.02. The number of hydrogen-bond donors (Lipinski definition) is 1. The molecule has 0 aliphatic heterocycles. The molecule has 1 fully saturated rings. The number of benzene rings is 2. The summed E-state index contributed by atoms with van der Waals surface area (Å²) in [5.41, 5.74) is 4.86. The quantitative estimate of drug-likeness (QED) is 0.643. The minimum atomic E-state index is -0.352. The Hall–Kier alpha value is -1.98. The molecule has 0 amide bonds. The summed E-state index contributed by atoms with van der Waals surface area (Å²) < 4.78 is 14.1. The Morgan fingerprint density at radius 2 is 1.96 bits per heavy atom. The summed E-state index contributed by atoms with van der Waals surface area (Å²) >= 11 is 6.61. The van der Waals surface area contributed by atoms with Crippen molar-refractivity contribution in [1.82, 2.24) is 20.3 Å². The summed E-state index contributed by atoms with van der Waals surface area (Å²) in [6, 6.07) is 12.2. The van der Waals surface area contributed by atoms with Crippen molar-refractivity contribution in [3.63, 3.8) is 0 Å².